The van der Waals surface area contributed by atoms with Gasteiger partial charge in [-0.3, -0.25) is 19.4 Å². The second-order valence-electron chi connectivity index (χ2n) is 5.66. The van der Waals surface area contributed by atoms with Crippen LogP contribution in [0.3, 0.4) is 0 Å². The maximum atomic E-state index is 12.1. The van der Waals surface area contributed by atoms with E-state index in [0.717, 1.165) is 0 Å². The molecule has 1 aliphatic heterocycles. The van der Waals surface area contributed by atoms with Gasteiger partial charge in [0, 0.05) is 39.8 Å². The van der Waals surface area contributed by atoms with Gasteiger partial charge >= 0.3 is 6.18 Å². The molecule has 24 heavy (non-hydrogen) atoms. The summed E-state index contributed by atoms with van der Waals surface area (Å²) in [6.45, 7) is 3.61. The second-order valence-corrected chi connectivity index (χ2v) is 5.66. The summed E-state index contributed by atoms with van der Waals surface area (Å²) in [7, 11) is 1.55. The minimum Gasteiger partial charge on any atom is -0.383 e. The van der Waals surface area contributed by atoms with Crippen molar-refractivity contribution in [3.63, 3.8) is 0 Å². The van der Waals surface area contributed by atoms with E-state index >= 15 is 0 Å². The molecule has 1 fully saturated rings. The fourth-order valence-electron chi connectivity index (χ4n) is 2.36. The van der Waals surface area contributed by atoms with E-state index in [4.69, 9.17) is 4.74 Å². The Morgan fingerprint density at radius 1 is 1.17 bits per heavy atom. The van der Waals surface area contributed by atoms with Gasteiger partial charge in [-0.2, -0.15) is 13.2 Å². The number of hydrogen-bond donors (Lipinski definition) is 2. The Morgan fingerprint density at radius 2 is 1.79 bits per heavy atom. The van der Waals surface area contributed by atoms with E-state index in [2.05, 4.69) is 5.32 Å². The predicted molar refractivity (Wildman–Crippen MR) is 81.4 cm³/mol. The van der Waals surface area contributed by atoms with Crippen LogP contribution in [-0.2, 0) is 14.3 Å². The smallest absolute Gasteiger partial charge is 0.383 e. The number of hydrogen-bond acceptors (Lipinski definition) is 5. The van der Waals surface area contributed by atoms with Crippen LogP contribution in [0.15, 0.2) is 0 Å². The van der Waals surface area contributed by atoms with E-state index in [1.807, 2.05) is 15.1 Å². The zero-order valence-electron chi connectivity index (χ0n) is 14.0. The third-order valence-corrected chi connectivity index (χ3v) is 3.79. The van der Waals surface area contributed by atoms with E-state index in [9.17, 15) is 22.8 Å². The number of nitrogens with zero attached hydrogens (tertiary/aromatic N) is 2. The van der Waals surface area contributed by atoms with E-state index in [-0.39, 0.29) is 12.5 Å². The van der Waals surface area contributed by atoms with Gasteiger partial charge in [0.25, 0.3) is 0 Å². The van der Waals surface area contributed by atoms with Crippen molar-refractivity contribution >= 4 is 11.8 Å². The van der Waals surface area contributed by atoms with Crippen LogP contribution in [0.2, 0.25) is 0 Å². The standard InChI is InChI=1S/C14H25F3N4O3/c1-11(13(23)19-10-14(15,16)17)21-6-4-20(5-7-21)9-12(22)18-3-8-24-2/h11H,3-10H2,1-2H3,(H,18,22)(H,19,23). The molecule has 2 amide bonds. The normalized spacial score (nSPS) is 18.2. The van der Waals surface area contributed by atoms with Crippen molar-refractivity contribution in [1.82, 2.24) is 20.4 Å². The van der Waals surface area contributed by atoms with E-state index < -0.39 is 24.7 Å². The average molecular weight is 354 g/mol. The van der Waals surface area contributed by atoms with Crippen LogP contribution in [0, 0.1) is 0 Å². The van der Waals surface area contributed by atoms with Crippen LogP contribution in [0.25, 0.3) is 0 Å². The van der Waals surface area contributed by atoms with Crippen LogP contribution < -0.4 is 10.6 Å². The third-order valence-electron chi connectivity index (χ3n) is 3.79. The van der Waals surface area contributed by atoms with Gasteiger partial charge in [0.2, 0.25) is 11.8 Å². The zero-order chi connectivity index (χ0) is 18.2. The van der Waals surface area contributed by atoms with Gasteiger partial charge in [-0.1, -0.05) is 0 Å². The highest BCUT2D eigenvalue weighted by molar-refractivity contribution is 5.81. The molecule has 1 saturated heterocycles. The molecule has 0 saturated carbocycles. The monoisotopic (exact) mass is 354 g/mol. The Morgan fingerprint density at radius 3 is 2.33 bits per heavy atom. The molecule has 10 heteroatoms. The predicted octanol–water partition coefficient (Wildman–Crippen LogP) is -0.566. The summed E-state index contributed by atoms with van der Waals surface area (Å²) in [4.78, 5) is 27.2. The van der Waals surface area contributed by atoms with E-state index in [0.29, 0.717) is 39.3 Å². The van der Waals surface area contributed by atoms with Gasteiger partial charge in [0.1, 0.15) is 6.54 Å². The van der Waals surface area contributed by atoms with Crippen molar-refractivity contribution in [1.29, 1.82) is 0 Å². The molecule has 0 spiro atoms. The molecule has 1 atom stereocenters. The number of carbonyl (C=O) groups is 2. The summed E-state index contributed by atoms with van der Waals surface area (Å²) in [5.41, 5.74) is 0. The Balaban J connectivity index is 2.29. The van der Waals surface area contributed by atoms with Crippen LogP contribution in [-0.4, -0.2) is 93.4 Å². The van der Waals surface area contributed by atoms with E-state index in [1.165, 1.54) is 0 Å². The molecule has 2 N–H and O–H groups in total. The maximum absolute atomic E-state index is 12.1. The Hall–Kier alpha value is -1.39. The van der Waals surface area contributed by atoms with Crippen molar-refractivity contribution in [3.8, 4) is 0 Å². The topological polar surface area (TPSA) is 73.9 Å². The molecule has 140 valence electrons. The lowest BCUT2D eigenvalue weighted by Gasteiger charge is -2.37. The molecule has 1 heterocycles. The Bertz CT molecular complexity index is 413. The fourth-order valence-corrected chi connectivity index (χ4v) is 2.36. The van der Waals surface area contributed by atoms with Gasteiger partial charge < -0.3 is 15.4 Å². The molecule has 7 nitrogen and oxygen atoms in total. The molecule has 0 radical (unpaired) electrons. The summed E-state index contributed by atoms with van der Waals surface area (Å²) < 4.78 is 41.2. The fraction of sp³-hybridized carbons (Fsp3) is 0.857. The van der Waals surface area contributed by atoms with Gasteiger partial charge in [0.05, 0.1) is 19.2 Å². The highest BCUT2D eigenvalue weighted by Gasteiger charge is 2.31. The zero-order valence-corrected chi connectivity index (χ0v) is 14.0. The minimum atomic E-state index is -4.41. The first-order valence-electron chi connectivity index (χ1n) is 7.79. The van der Waals surface area contributed by atoms with Gasteiger partial charge in [0.15, 0.2) is 0 Å². The number of rotatable bonds is 8. The number of methoxy groups -OCH3 is 1. The van der Waals surface area contributed by atoms with Crippen molar-refractivity contribution in [2.45, 2.75) is 19.1 Å². The molecular weight excluding hydrogens is 329 g/mol. The summed E-state index contributed by atoms with van der Waals surface area (Å²) >= 11 is 0. The lowest BCUT2D eigenvalue weighted by Crippen LogP contribution is -2.55. The summed E-state index contributed by atoms with van der Waals surface area (Å²) in [6.07, 6.45) is -4.41. The summed E-state index contributed by atoms with van der Waals surface area (Å²) in [5, 5.41) is 4.62. The first-order chi connectivity index (χ1) is 11.2. The van der Waals surface area contributed by atoms with Crippen LogP contribution in [0.1, 0.15) is 6.92 Å². The maximum Gasteiger partial charge on any atom is 0.405 e. The van der Waals surface area contributed by atoms with E-state index in [1.54, 1.807) is 14.0 Å². The van der Waals surface area contributed by atoms with Crippen LogP contribution in [0.4, 0.5) is 13.2 Å². The first kappa shape index (κ1) is 20.7. The highest BCUT2D eigenvalue weighted by atomic mass is 19.4. The van der Waals surface area contributed by atoms with Gasteiger partial charge in [-0.25, -0.2) is 0 Å². The molecule has 0 bridgehead atoms. The molecule has 1 aliphatic rings. The third kappa shape index (κ3) is 7.93. The Labute approximate surface area is 139 Å². The van der Waals surface area contributed by atoms with Gasteiger partial charge in [-0.15, -0.1) is 0 Å². The molecule has 0 aromatic rings. The summed E-state index contributed by atoms with van der Waals surface area (Å²) in [5.74, 6) is -0.741. The lowest BCUT2D eigenvalue weighted by atomic mass is 10.2. The molecule has 1 rings (SSSR count). The van der Waals surface area contributed by atoms with Crippen molar-refractivity contribution in [2.24, 2.45) is 0 Å². The number of alkyl halides is 3. The average Bonchev–Trinajstić information content (AvgIpc) is 2.52. The quantitative estimate of drug-likeness (QED) is 0.572. The number of halogens is 3. The number of carbonyl (C=O) groups excluding carboxylic acids is 2. The number of amides is 2. The molecule has 1 unspecified atom stereocenters. The molecule has 0 aromatic heterocycles. The molecule has 0 aromatic carbocycles. The molecular formula is C14H25F3N4O3. The largest absolute Gasteiger partial charge is 0.405 e. The Kier molecular flexibility index (Phi) is 8.43. The number of piperazine rings is 1. The van der Waals surface area contributed by atoms with Gasteiger partial charge in [-0.05, 0) is 6.92 Å². The highest BCUT2D eigenvalue weighted by Crippen LogP contribution is 2.13. The van der Waals surface area contributed by atoms with Crippen molar-refractivity contribution < 1.29 is 27.5 Å². The lowest BCUT2D eigenvalue weighted by molar-refractivity contribution is -0.141. The number of ether oxygens (including phenoxy) is 1. The number of nitrogens with one attached hydrogen (secondary N) is 2. The first-order valence-corrected chi connectivity index (χ1v) is 7.79. The van der Waals surface area contributed by atoms with Crippen molar-refractivity contribution in [2.75, 3.05) is 59.5 Å². The second kappa shape index (κ2) is 9.80. The molecule has 0 aliphatic carbocycles. The minimum absolute atomic E-state index is 0.100. The van der Waals surface area contributed by atoms with Crippen LogP contribution >= 0.6 is 0 Å². The SMILES string of the molecule is COCCNC(=O)CN1CCN(C(C)C(=O)NCC(F)(F)F)CC1. The summed E-state index contributed by atoms with van der Waals surface area (Å²) in [6, 6.07) is -0.634. The van der Waals surface area contributed by atoms with Crippen molar-refractivity contribution in [3.05, 3.63) is 0 Å². The van der Waals surface area contributed by atoms with Crippen LogP contribution in [0.5, 0.6) is 0 Å².